The van der Waals surface area contributed by atoms with Gasteiger partial charge in [0.1, 0.15) is 18.0 Å². The van der Waals surface area contributed by atoms with Gasteiger partial charge in [0.05, 0.1) is 11.6 Å². The first-order valence-corrected chi connectivity index (χ1v) is 8.28. The third-order valence-corrected chi connectivity index (χ3v) is 4.33. The van der Waals surface area contributed by atoms with Crippen molar-refractivity contribution >= 4 is 23.0 Å². The maximum atomic E-state index is 8.88. The number of nitrogens with zero attached hydrogens (tertiary/aromatic N) is 4. The SMILES string of the molecule is N#Cc1ccc(Nc2cc(N3CCCc4ccccc43)ncn2)cc1. The minimum Gasteiger partial charge on any atom is -0.340 e. The molecule has 0 amide bonds. The minimum atomic E-state index is 0.638. The van der Waals surface area contributed by atoms with Gasteiger partial charge in [0.25, 0.3) is 0 Å². The Morgan fingerprint density at radius 2 is 1.88 bits per heavy atom. The van der Waals surface area contributed by atoms with E-state index in [1.807, 2.05) is 18.2 Å². The fourth-order valence-electron chi connectivity index (χ4n) is 3.11. The number of rotatable bonds is 3. The van der Waals surface area contributed by atoms with E-state index in [2.05, 4.69) is 50.5 Å². The molecule has 2 aromatic carbocycles. The maximum Gasteiger partial charge on any atom is 0.138 e. The molecule has 5 nitrogen and oxygen atoms in total. The van der Waals surface area contributed by atoms with Gasteiger partial charge in [-0.3, -0.25) is 0 Å². The van der Waals surface area contributed by atoms with Crippen LogP contribution in [-0.2, 0) is 6.42 Å². The molecule has 0 saturated heterocycles. The number of aromatic nitrogens is 2. The Morgan fingerprint density at radius 1 is 1.04 bits per heavy atom. The fraction of sp³-hybridized carbons (Fsp3) is 0.150. The summed E-state index contributed by atoms with van der Waals surface area (Å²) < 4.78 is 0. The highest BCUT2D eigenvalue weighted by Gasteiger charge is 2.19. The number of benzene rings is 2. The van der Waals surface area contributed by atoms with Crippen LogP contribution in [0.4, 0.5) is 23.0 Å². The molecule has 0 atom stereocenters. The smallest absolute Gasteiger partial charge is 0.138 e. The number of nitrogens with one attached hydrogen (secondary N) is 1. The molecular formula is C20H17N5. The van der Waals surface area contributed by atoms with Crippen molar-refractivity contribution in [3.05, 3.63) is 72.1 Å². The van der Waals surface area contributed by atoms with Crippen LogP contribution in [0.5, 0.6) is 0 Å². The molecule has 0 saturated carbocycles. The summed E-state index contributed by atoms with van der Waals surface area (Å²) in [7, 11) is 0. The molecule has 1 N–H and O–H groups in total. The summed E-state index contributed by atoms with van der Waals surface area (Å²) in [5.41, 5.74) is 4.10. The number of nitriles is 1. The van der Waals surface area contributed by atoms with Crippen molar-refractivity contribution in [3.63, 3.8) is 0 Å². The molecule has 0 unspecified atom stereocenters. The topological polar surface area (TPSA) is 64.8 Å². The van der Waals surface area contributed by atoms with Crippen LogP contribution in [0, 0.1) is 11.3 Å². The molecule has 0 bridgehead atoms. The molecule has 25 heavy (non-hydrogen) atoms. The summed E-state index contributed by atoms with van der Waals surface area (Å²) in [5, 5.41) is 12.2. The lowest BCUT2D eigenvalue weighted by molar-refractivity contribution is 0.758. The minimum absolute atomic E-state index is 0.638. The molecule has 0 aliphatic carbocycles. The van der Waals surface area contributed by atoms with E-state index in [0.717, 1.165) is 36.7 Å². The molecular weight excluding hydrogens is 310 g/mol. The highest BCUT2D eigenvalue weighted by Crippen LogP contribution is 2.32. The van der Waals surface area contributed by atoms with Crippen LogP contribution in [0.3, 0.4) is 0 Å². The fourth-order valence-corrected chi connectivity index (χ4v) is 3.11. The lowest BCUT2D eigenvalue weighted by Gasteiger charge is -2.30. The molecule has 2 heterocycles. The Balaban J connectivity index is 1.61. The first-order chi connectivity index (χ1) is 12.3. The second-order valence-electron chi connectivity index (χ2n) is 5.96. The maximum absolute atomic E-state index is 8.88. The molecule has 0 radical (unpaired) electrons. The summed E-state index contributed by atoms with van der Waals surface area (Å²) in [5.74, 6) is 1.62. The van der Waals surface area contributed by atoms with Crippen LogP contribution >= 0.6 is 0 Å². The number of hydrogen-bond donors (Lipinski definition) is 1. The zero-order valence-electron chi connectivity index (χ0n) is 13.7. The van der Waals surface area contributed by atoms with Gasteiger partial charge in [0.15, 0.2) is 0 Å². The Kier molecular flexibility index (Phi) is 4.01. The van der Waals surface area contributed by atoms with E-state index in [4.69, 9.17) is 5.26 Å². The summed E-state index contributed by atoms with van der Waals surface area (Å²) in [4.78, 5) is 11.0. The first-order valence-electron chi connectivity index (χ1n) is 8.28. The largest absolute Gasteiger partial charge is 0.340 e. The van der Waals surface area contributed by atoms with Crippen molar-refractivity contribution in [1.29, 1.82) is 5.26 Å². The Morgan fingerprint density at radius 3 is 2.72 bits per heavy atom. The van der Waals surface area contributed by atoms with Gasteiger partial charge in [-0.2, -0.15) is 5.26 Å². The van der Waals surface area contributed by atoms with Gasteiger partial charge in [-0.25, -0.2) is 9.97 Å². The zero-order valence-corrected chi connectivity index (χ0v) is 13.7. The van der Waals surface area contributed by atoms with E-state index in [1.165, 1.54) is 11.3 Å². The first kappa shape index (κ1) is 15.2. The van der Waals surface area contributed by atoms with Crippen LogP contribution in [-0.4, -0.2) is 16.5 Å². The van der Waals surface area contributed by atoms with Crippen molar-refractivity contribution < 1.29 is 0 Å². The van der Waals surface area contributed by atoms with Gasteiger partial charge in [-0.15, -0.1) is 0 Å². The molecule has 5 heteroatoms. The zero-order chi connectivity index (χ0) is 17.1. The van der Waals surface area contributed by atoms with Gasteiger partial charge < -0.3 is 10.2 Å². The molecule has 122 valence electrons. The third-order valence-electron chi connectivity index (χ3n) is 4.33. The third kappa shape index (κ3) is 3.15. The van der Waals surface area contributed by atoms with Crippen LogP contribution in [0.25, 0.3) is 0 Å². The number of fused-ring (bicyclic) bond motifs is 1. The predicted octanol–water partition coefficient (Wildman–Crippen LogP) is 4.18. The van der Waals surface area contributed by atoms with E-state index >= 15 is 0 Å². The van der Waals surface area contributed by atoms with E-state index in [9.17, 15) is 0 Å². The van der Waals surface area contributed by atoms with Gasteiger partial charge in [0, 0.05) is 24.0 Å². The molecule has 1 aromatic heterocycles. The monoisotopic (exact) mass is 327 g/mol. The van der Waals surface area contributed by atoms with E-state index in [-0.39, 0.29) is 0 Å². The quantitative estimate of drug-likeness (QED) is 0.782. The lowest BCUT2D eigenvalue weighted by atomic mass is 10.0. The average Bonchev–Trinajstić information content (AvgIpc) is 2.68. The number of hydrogen-bond acceptors (Lipinski definition) is 5. The highest BCUT2D eigenvalue weighted by atomic mass is 15.2. The van der Waals surface area contributed by atoms with Gasteiger partial charge in [-0.1, -0.05) is 18.2 Å². The lowest BCUT2D eigenvalue weighted by Crippen LogP contribution is -2.25. The van der Waals surface area contributed by atoms with Crippen LogP contribution in [0.15, 0.2) is 60.9 Å². The molecule has 4 rings (SSSR count). The summed E-state index contributed by atoms with van der Waals surface area (Å²) in [6, 6.07) is 19.9. The molecule has 1 aliphatic heterocycles. The normalized spacial score (nSPS) is 13.0. The Hall–Kier alpha value is -3.39. The van der Waals surface area contributed by atoms with Crippen molar-refractivity contribution in [3.8, 4) is 6.07 Å². The molecule has 0 spiro atoms. The standard InChI is InChI=1S/C20H17N5/c21-13-15-7-9-17(10-8-15)24-19-12-20(23-14-22-19)25-11-3-5-16-4-1-2-6-18(16)25/h1-2,4,6-10,12,14H,3,5,11H2,(H,22,23,24). The number of aryl methyl sites for hydroxylation is 1. The van der Waals surface area contributed by atoms with Crippen molar-refractivity contribution in [2.45, 2.75) is 12.8 Å². The van der Waals surface area contributed by atoms with Crippen LogP contribution < -0.4 is 10.2 Å². The van der Waals surface area contributed by atoms with E-state index in [0.29, 0.717) is 5.56 Å². The van der Waals surface area contributed by atoms with Crippen molar-refractivity contribution in [1.82, 2.24) is 9.97 Å². The van der Waals surface area contributed by atoms with Gasteiger partial charge in [0.2, 0.25) is 0 Å². The summed E-state index contributed by atoms with van der Waals surface area (Å²) >= 11 is 0. The van der Waals surface area contributed by atoms with Crippen molar-refractivity contribution in [2.75, 3.05) is 16.8 Å². The van der Waals surface area contributed by atoms with E-state index in [1.54, 1.807) is 18.5 Å². The average molecular weight is 327 g/mol. The Labute approximate surface area is 146 Å². The second kappa shape index (κ2) is 6.62. The van der Waals surface area contributed by atoms with Crippen LogP contribution in [0.2, 0.25) is 0 Å². The highest BCUT2D eigenvalue weighted by molar-refractivity contribution is 5.68. The second-order valence-corrected chi connectivity index (χ2v) is 5.96. The van der Waals surface area contributed by atoms with Gasteiger partial charge >= 0.3 is 0 Å². The summed E-state index contributed by atoms with van der Waals surface area (Å²) in [6.45, 7) is 0.949. The molecule has 3 aromatic rings. The number of anilines is 4. The summed E-state index contributed by atoms with van der Waals surface area (Å²) in [6.07, 6.45) is 3.80. The van der Waals surface area contributed by atoms with E-state index < -0.39 is 0 Å². The van der Waals surface area contributed by atoms with Crippen molar-refractivity contribution in [2.24, 2.45) is 0 Å². The Bertz CT molecular complexity index is 927. The molecule has 0 fully saturated rings. The van der Waals surface area contributed by atoms with Gasteiger partial charge in [-0.05, 0) is 48.7 Å². The van der Waals surface area contributed by atoms with Crippen LogP contribution in [0.1, 0.15) is 17.5 Å². The predicted molar refractivity (Wildman–Crippen MR) is 98.2 cm³/mol. The number of para-hydroxylation sites is 1. The molecule has 1 aliphatic rings.